The zero-order valence-electron chi connectivity index (χ0n) is 7.92. The third-order valence-corrected chi connectivity index (χ3v) is 2.88. The van der Waals surface area contributed by atoms with Gasteiger partial charge in [0.2, 0.25) is 0 Å². The van der Waals surface area contributed by atoms with Gasteiger partial charge < -0.3 is 10.1 Å². The van der Waals surface area contributed by atoms with Gasteiger partial charge in [-0.2, -0.15) is 0 Å². The summed E-state index contributed by atoms with van der Waals surface area (Å²) in [5, 5.41) is 10.5. The van der Waals surface area contributed by atoms with Gasteiger partial charge in [-0.05, 0) is 40.9 Å². The van der Waals surface area contributed by atoms with Gasteiger partial charge in [-0.1, -0.05) is 12.1 Å². The number of aliphatic hydroxyl groups is 1. The Morgan fingerprint density at radius 3 is 3.00 bits per heavy atom. The third kappa shape index (κ3) is 1.70. The first-order valence-corrected chi connectivity index (χ1v) is 5.40. The van der Waals surface area contributed by atoms with Crippen molar-refractivity contribution in [3.05, 3.63) is 34.4 Å². The first-order chi connectivity index (χ1) is 6.68. The van der Waals surface area contributed by atoms with Crippen LogP contribution >= 0.6 is 15.9 Å². The summed E-state index contributed by atoms with van der Waals surface area (Å²) in [5.74, 6) is 0. The van der Waals surface area contributed by atoms with Crippen LogP contribution < -0.4 is 0 Å². The Kier molecular flexibility index (Phi) is 2.61. The number of hydrogen-bond donors (Lipinski definition) is 2. The van der Waals surface area contributed by atoms with Crippen molar-refractivity contribution in [2.75, 3.05) is 0 Å². The van der Waals surface area contributed by atoms with Crippen molar-refractivity contribution >= 4 is 26.8 Å². The van der Waals surface area contributed by atoms with E-state index in [4.69, 9.17) is 0 Å². The van der Waals surface area contributed by atoms with E-state index in [-0.39, 0.29) is 6.10 Å². The zero-order chi connectivity index (χ0) is 10.1. The number of aliphatic hydroxyl groups excluding tert-OH is 1. The van der Waals surface area contributed by atoms with Gasteiger partial charge in [0.15, 0.2) is 0 Å². The van der Waals surface area contributed by atoms with Gasteiger partial charge in [0, 0.05) is 21.6 Å². The highest BCUT2D eigenvalue weighted by Crippen LogP contribution is 2.27. The second-order valence-corrected chi connectivity index (χ2v) is 4.38. The summed E-state index contributed by atoms with van der Waals surface area (Å²) in [6.07, 6.45) is 2.31. The van der Waals surface area contributed by atoms with Gasteiger partial charge in [-0.3, -0.25) is 0 Å². The van der Waals surface area contributed by atoms with Crippen LogP contribution in [-0.2, 0) is 6.42 Å². The van der Waals surface area contributed by atoms with Crippen molar-refractivity contribution in [3.63, 3.8) is 0 Å². The number of fused-ring (bicyclic) bond motifs is 1. The standard InChI is InChI=1S/C11H12BrNO/c1-7(14)5-8-3-2-4-10-11(8)9(12)6-13-10/h2-4,6-7,13-14H,5H2,1H3. The lowest BCUT2D eigenvalue weighted by atomic mass is 10.0. The molecule has 1 unspecified atom stereocenters. The highest BCUT2D eigenvalue weighted by molar-refractivity contribution is 9.10. The van der Waals surface area contributed by atoms with E-state index in [0.29, 0.717) is 6.42 Å². The molecule has 3 heteroatoms. The van der Waals surface area contributed by atoms with Gasteiger partial charge in [0.25, 0.3) is 0 Å². The molecule has 1 heterocycles. The number of hydrogen-bond acceptors (Lipinski definition) is 1. The molecule has 14 heavy (non-hydrogen) atoms. The highest BCUT2D eigenvalue weighted by atomic mass is 79.9. The van der Waals surface area contributed by atoms with Gasteiger partial charge in [-0.25, -0.2) is 0 Å². The fourth-order valence-corrected chi connectivity index (χ4v) is 2.29. The van der Waals surface area contributed by atoms with Gasteiger partial charge >= 0.3 is 0 Å². The third-order valence-electron chi connectivity index (χ3n) is 2.26. The van der Waals surface area contributed by atoms with E-state index in [0.717, 1.165) is 9.99 Å². The number of benzene rings is 1. The zero-order valence-corrected chi connectivity index (χ0v) is 9.51. The summed E-state index contributed by atoms with van der Waals surface area (Å²) >= 11 is 3.49. The maximum atomic E-state index is 9.37. The Morgan fingerprint density at radius 1 is 1.50 bits per heavy atom. The van der Waals surface area contributed by atoms with E-state index in [1.807, 2.05) is 24.4 Å². The summed E-state index contributed by atoms with van der Waals surface area (Å²) < 4.78 is 1.06. The molecular formula is C11H12BrNO. The molecule has 2 aromatic rings. The predicted octanol–water partition coefficient (Wildman–Crippen LogP) is 2.85. The lowest BCUT2D eigenvalue weighted by Crippen LogP contribution is -2.04. The van der Waals surface area contributed by atoms with E-state index in [1.54, 1.807) is 6.92 Å². The molecule has 0 aliphatic heterocycles. The summed E-state index contributed by atoms with van der Waals surface area (Å²) in [4.78, 5) is 3.17. The lowest BCUT2D eigenvalue weighted by Gasteiger charge is -2.06. The molecule has 0 bridgehead atoms. The maximum absolute atomic E-state index is 9.37. The van der Waals surface area contributed by atoms with Crippen LogP contribution in [0.5, 0.6) is 0 Å². The van der Waals surface area contributed by atoms with Crippen LogP contribution in [0.3, 0.4) is 0 Å². The topological polar surface area (TPSA) is 36.0 Å². The maximum Gasteiger partial charge on any atom is 0.0552 e. The monoisotopic (exact) mass is 253 g/mol. The lowest BCUT2D eigenvalue weighted by molar-refractivity contribution is 0.196. The molecule has 2 nitrogen and oxygen atoms in total. The Hall–Kier alpha value is -0.800. The largest absolute Gasteiger partial charge is 0.393 e. The van der Waals surface area contributed by atoms with Crippen molar-refractivity contribution in [2.45, 2.75) is 19.4 Å². The van der Waals surface area contributed by atoms with Crippen LogP contribution in [0.15, 0.2) is 28.9 Å². The summed E-state index contributed by atoms with van der Waals surface area (Å²) in [6, 6.07) is 6.09. The summed E-state index contributed by atoms with van der Waals surface area (Å²) in [6.45, 7) is 1.80. The average molecular weight is 254 g/mol. The second kappa shape index (κ2) is 3.75. The highest BCUT2D eigenvalue weighted by Gasteiger charge is 2.07. The molecule has 0 saturated carbocycles. The Balaban J connectivity index is 2.57. The number of aromatic amines is 1. The van der Waals surface area contributed by atoms with Crippen molar-refractivity contribution in [1.29, 1.82) is 0 Å². The molecule has 1 aromatic heterocycles. The second-order valence-electron chi connectivity index (χ2n) is 3.53. The SMILES string of the molecule is CC(O)Cc1cccc2[nH]cc(Br)c12. The van der Waals surface area contributed by atoms with Crippen molar-refractivity contribution in [1.82, 2.24) is 4.98 Å². The molecular weight excluding hydrogens is 242 g/mol. The Morgan fingerprint density at radius 2 is 2.29 bits per heavy atom. The summed E-state index contributed by atoms with van der Waals surface area (Å²) in [5.41, 5.74) is 2.28. The first-order valence-electron chi connectivity index (χ1n) is 4.61. The smallest absolute Gasteiger partial charge is 0.0552 e. The predicted molar refractivity (Wildman–Crippen MR) is 61.4 cm³/mol. The molecule has 0 spiro atoms. The number of rotatable bonds is 2. The number of nitrogens with one attached hydrogen (secondary N) is 1. The molecule has 1 atom stereocenters. The minimum Gasteiger partial charge on any atom is -0.393 e. The Labute approximate surface area is 91.1 Å². The normalized spacial score (nSPS) is 13.4. The molecule has 0 aliphatic carbocycles. The fraction of sp³-hybridized carbons (Fsp3) is 0.273. The van der Waals surface area contributed by atoms with Gasteiger partial charge in [0.1, 0.15) is 0 Å². The quantitative estimate of drug-likeness (QED) is 0.849. The first kappa shape index (κ1) is 9.74. The summed E-state index contributed by atoms with van der Waals surface area (Å²) in [7, 11) is 0. The average Bonchev–Trinajstić information content (AvgIpc) is 2.48. The van der Waals surface area contributed by atoms with Crippen LogP contribution in [0, 0.1) is 0 Å². The van der Waals surface area contributed by atoms with Crippen LogP contribution in [0.1, 0.15) is 12.5 Å². The van der Waals surface area contributed by atoms with E-state index >= 15 is 0 Å². The number of halogens is 1. The molecule has 0 aliphatic rings. The van der Waals surface area contributed by atoms with Crippen LogP contribution in [0.4, 0.5) is 0 Å². The molecule has 0 fully saturated rings. The number of aromatic nitrogens is 1. The minimum atomic E-state index is -0.303. The number of H-pyrrole nitrogens is 1. The van der Waals surface area contributed by atoms with Crippen LogP contribution in [0.2, 0.25) is 0 Å². The molecule has 0 amide bonds. The molecule has 1 aromatic carbocycles. The Bertz CT molecular complexity index is 447. The van der Waals surface area contributed by atoms with E-state index in [2.05, 4.69) is 20.9 Å². The minimum absolute atomic E-state index is 0.303. The van der Waals surface area contributed by atoms with E-state index in [9.17, 15) is 5.11 Å². The fourth-order valence-electron chi connectivity index (χ4n) is 1.70. The van der Waals surface area contributed by atoms with Crippen molar-refractivity contribution < 1.29 is 5.11 Å². The van der Waals surface area contributed by atoms with E-state index < -0.39 is 0 Å². The van der Waals surface area contributed by atoms with E-state index in [1.165, 1.54) is 10.9 Å². The van der Waals surface area contributed by atoms with Crippen LogP contribution in [-0.4, -0.2) is 16.2 Å². The molecule has 0 radical (unpaired) electrons. The van der Waals surface area contributed by atoms with Crippen LogP contribution in [0.25, 0.3) is 10.9 Å². The molecule has 0 saturated heterocycles. The van der Waals surface area contributed by atoms with Crippen molar-refractivity contribution in [2.24, 2.45) is 0 Å². The molecule has 74 valence electrons. The van der Waals surface area contributed by atoms with Gasteiger partial charge in [-0.15, -0.1) is 0 Å². The van der Waals surface area contributed by atoms with Gasteiger partial charge in [0.05, 0.1) is 6.10 Å². The van der Waals surface area contributed by atoms with Crippen molar-refractivity contribution in [3.8, 4) is 0 Å². The molecule has 2 N–H and O–H groups in total. The molecule has 2 rings (SSSR count).